The Balaban J connectivity index is 2.26. The van der Waals surface area contributed by atoms with Crippen LogP contribution in [0, 0.1) is 6.92 Å². The molecule has 1 aromatic carbocycles. The van der Waals surface area contributed by atoms with E-state index in [0.717, 1.165) is 17.3 Å². The third kappa shape index (κ3) is 2.73. The van der Waals surface area contributed by atoms with Gasteiger partial charge in [-0.1, -0.05) is 52.4 Å². The summed E-state index contributed by atoms with van der Waals surface area (Å²) in [4.78, 5) is 0. The summed E-state index contributed by atoms with van der Waals surface area (Å²) in [6, 6.07) is 8.57. The summed E-state index contributed by atoms with van der Waals surface area (Å²) < 4.78 is 7.15. The van der Waals surface area contributed by atoms with E-state index >= 15 is 0 Å². The van der Waals surface area contributed by atoms with Crippen LogP contribution in [0.15, 0.2) is 24.3 Å². The van der Waals surface area contributed by atoms with Gasteiger partial charge in [0.2, 0.25) is 0 Å². The lowest BCUT2D eigenvalue weighted by molar-refractivity contribution is -0.115. The zero-order chi connectivity index (χ0) is 13.4. The van der Waals surface area contributed by atoms with E-state index in [4.69, 9.17) is 4.74 Å². The molecule has 1 saturated heterocycles. The summed E-state index contributed by atoms with van der Waals surface area (Å²) in [5.41, 5.74) is 1.51. The Morgan fingerprint density at radius 1 is 1.39 bits per heavy atom. The van der Waals surface area contributed by atoms with E-state index < -0.39 is 5.60 Å². The fourth-order valence-corrected chi connectivity index (χ4v) is 3.50. The Hall–Kier alpha value is -0.130. The number of rotatable bonds is 3. The number of aryl methyl sites for hydroxylation is 1. The topological polar surface area (TPSA) is 29.5 Å². The normalized spacial score (nSPS) is 28.6. The van der Waals surface area contributed by atoms with Crippen LogP contribution >= 0.6 is 22.6 Å². The highest BCUT2D eigenvalue weighted by Crippen LogP contribution is 2.43. The standard InChI is InChI=1S/C15H21IO2/c1-11-4-6-12(7-5-11)15(10-16)9-8-13(18-15)14(2,3)17/h4-7,13,17H,8-10H2,1-3H3/t13-,15-/m0/s1. The highest BCUT2D eigenvalue weighted by atomic mass is 127. The molecule has 0 saturated carbocycles. The van der Waals surface area contributed by atoms with Gasteiger partial charge in [0, 0.05) is 4.43 Å². The molecule has 2 rings (SSSR count). The highest BCUT2D eigenvalue weighted by Gasteiger charge is 2.45. The van der Waals surface area contributed by atoms with Gasteiger partial charge < -0.3 is 9.84 Å². The molecule has 1 aliphatic rings. The SMILES string of the molecule is Cc1ccc([C@@]2(CI)CC[C@@H](C(C)(C)O)O2)cc1. The second kappa shape index (κ2) is 5.10. The van der Waals surface area contributed by atoms with E-state index in [2.05, 4.69) is 53.8 Å². The van der Waals surface area contributed by atoms with Crippen molar-refractivity contribution in [3.63, 3.8) is 0 Å². The zero-order valence-electron chi connectivity index (χ0n) is 11.2. The first-order chi connectivity index (χ1) is 8.37. The van der Waals surface area contributed by atoms with Crippen molar-refractivity contribution in [2.75, 3.05) is 4.43 Å². The molecule has 2 atom stereocenters. The van der Waals surface area contributed by atoms with E-state index in [1.165, 1.54) is 11.1 Å². The second-order valence-electron chi connectivity index (χ2n) is 5.79. The number of halogens is 1. The van der Waals surface area contributed by atoms with Gasteiger partial charge in [-0.15, -0.1) is 0 Å². The van der Waals surface area contributed by atoms with Gasteiger partial charge in [-0.05, 0) is 39.2 Å². The summed E-state index contributed by atoms with van der Waals surface area (Å²) in [5, 5.41) is 10.1. The molecule has 2 nitrogen and oxygen atoms in total. The zero-order valence-corrected chi connectivity index (χ0v) is 13.4. The lowest BCUT2D eigenvalue weighted by Gasteiger charge is -2.32. The first-order valence-corrected chi connectivity index (χ1v) is 7.93. The van der Waals surface area contributed by atoms with Crippen LogP contribution in [-0.4, -0.2) is 21.2 Å². The van der Waals surface area contributed by atoms with E-state index in [-0.39, 0.29) is 11.7 Å². The van der Waals surface area contributed by atoms with Crippen LogP contribution in [0.2, 0.25) is 0 Å². The predicted molar refractivity (Wildman–Crippen MR) is 82.1 cm³/mol. The van der Waals surface area contributed by atoms with Crippen molar-refractivity contribution in [3.8, 4) is 0 Å². The second-order valence-corrected chi connectivity index (χ2v) is 6.56. The van der Waals surface area contributed by atoms with Crippen LogP contribution in [-0.2, 0) is 10.3 Å². The van der Waals surface area contributed by atoms with Crippen LogP contribution in [0.3, 0.4) is 0 Å². The minimum atomic E-state index is -0.766. The van der Waals surface area contributed by atoms with Gasteiger partial charge in [0.25, 0.3) is 0 Å². The summed E-state index contributed by atoms with van der Waals surface area (Å²) in [6.45, 7) is 5.75. The lowest BCUT2D eigenvalue weighted by atomic mass is 9.91. The molecule has 3 heteroatoms. The van der Waals surface area contributed by atoms with Crippen LogP contribution < -0.4 is 0 Å². The molecule has 18 heavy (non-hydrogen) atoms. The van der Waals surface area contributed by atoms with Crippen LogP contribution in [0.1, 0.15) is 37.8 Å². The van der Waals surface area contributed by atoms with E-state index in [1.54, 1.807) is 0 Å². The molecular formula is C15H21IO2. The Morgan fingerprint density at radius 2 is 2.00 bits per heavy atom. The smallest absolute Gasteiger partial charge is 0.103 e. The maximum Gasteiger partial charge on any atom is 0.103 e. The number of benzene rings is 1. The van der Waals surface area contributed by atoms with E-state index in [9.17, 15) is 5.11 Å². The molecule has 1 fully saturated rings. The average Bonchev–Trinajstić information content (AvgIpc) is 2.75. The summed E-state index contributed by atoms with van der Waals surface area (Å²) in [5.74, 6) is 0. The number of alkyl halides is 1. The van der Waals surface area contributed by atoms with Crippen LogP contribution in [0.4, 0.5) is 0 Å². The molecule has 0 bridgehead atoms. The Labute approximate surface area is 123 Å². The maximum absolute atomic E-state index is 10.1. The van der Waals surface area contributed by atoms with Crippen molar-refractivity contribution in [1.82, 2.24) is 0 Å². The molecule has 0 unspecified atom stereocenters. The Kier molecular flexibility index (Phi) is 4.04. The van der Waals surface area contributed by atoms with Crippen molar-refractivity contribution < 1.29 is 9.84 Å². The molecule has 1 aliphatic heterocycles. The molecule has 1 aromatic rings. The first kappa shape index (κ1) is 14.3. The van der Waals surface area contributed by atoms with E-state index in [0.29, 0.717) is 0 Å². The Bertz CT molecular complexity index is 407. The molecule has 0 radical (unpaired) electrons. The van der Waals surface area contributed by atoms with Gasteiger partial charge in [-0.3, -0.25) is 0 Å². The van der Waals surface area contributed by atoms with Gasteiger partial charge in [0.15, 0.2) is 0 Å². The largest absolute Gasteiger partial charge is 0.388 e. The molecule has 1 N–H and O–H groups in total. The van der Waals surface area contributed by atoms with Gasteiger partial charge in [0.05, 0.1) is 11.7 Å². The van der Waals surface area contributed by atoms with Gasteiger partial charge in [0.1, 0.15) is 5.60 Å². The Morgan fingerprint density at radius 3 is 2.44 bits per heavy atom. The monoisotopic (exact) mass is 360 g/mol. The number of aliphatic hydroxyl groups is 1. The van der Waals surface area contributed by atoms with E-state index in [1.807, 2.05) is 13.8 Å². The molecule has 0 aliphatic carbocycles. The fraction of sp³-hybridized carbons (Fsp3) is 0.600. The average molecular weight is 360 g/mol. The number of ether oxygens (including phenoxy) is 1. The van der Waals surface area contributed by atoms with Gasteiger partial charge in [-0.2, -0.15) is 0 Å². The minimum Gasteiger partial charge on any atom is -0.388 e. The lowest BCUT2D eigenvalue weighted by Crippen LogP contribution is -2.38. The number of hydrogen-bond acceptors (Lipinski definition) is 2. The van der Waals surface area contributed by atoms with Crippen molar-refractivity contribution in [3.05, 3.63) is 35.4 Å². The first-order valence-electron chi connectivity index (χ1n) is 6.41. The number of hydrogen-bond donors (Lipinski definition) is 1. The fourth-order valence-electron chi connectivity index (χ4n) is 2.50. The molecule has 100 valence electrons. The third-order valence-electron chi connectivity index (χ3n) is 3.76. The molecule has 0 aromatic heterocycles. The van der Waals surface area contributed by atoms with Crippen molar-refractivity contribution in [1.29, 1.82) is 0 Å². The van der Waals surface area contributed by atoms with Gasteiger partial charge in [-0.25, -0.2) is 0 Å². The third-order valence-corrected chi connectivity index (χ3v) is 4.99. The van der Waals surface area contributed by atoms with Crippen molar-refractivity contribution in [2.45, 2.75) is 50.9 Å². The minimum absolute atomic E-state index is 0.0754. The quantitative estimate of drug-likeness (QED) is 0.660. The molecule has 0 spiro atoms. The van der Waals surface area contributed by atoms with Crippen LogP contribution in [0.25, 0.3) is 0 Å². The summed E-state index contributed by atoms with van der Waals surface area (Å²) in [7, 11) is 0. The predicted octanol–water partition coefficient (Wildman–Crippen LogP) is 3.58. The van der Waals surface area contributed by atoms with Crippen molar-refractivity contribution >= 4 is 22.6 Å². The molecular weight excluding hydrogens is 339 g/mol. The van der Waals surface area contributed by atoms with Crippen molar-refractivity contribution in [2.24, 2.45) is 0 Å². The van der Waals surface area contributed by atoms with Crippen LogP contribution in [0.5, 0.6) is 0 Å². The highest BCUT2D eigenvalue weighted by molar-refractivity contribution is 14.1. The summed E-state index contributed by atoms with van der Waals surface area (Å²) >= 11 is 2.39. The molecule has 0 amide bonds. The maximum atomic E-state index is 10.1. The van der Waals surface area contributed by atoms with Gasteiger partial charge >= 0.3 is 0 Å². The summed E-state index contributed by atoms with van der Waals surface area (Å²) in [6.07, 6.45) is 1.82. The molecule has 1 heterocycles.